The summed E-state index contributed by atoms with van der Waals surface area (Å²) in [7, 11) is 0. The van der Waals surface area contributed by atoms with Crippen LogP contribution in [0, 0.1) is 17.2 Å². The van der Waals surface area contributed by atoms with E-state index >= 15 is 0 Å². The molecule has 0 radical (unpaired) electrons. The average Bonchev–Trinajstić information content (AvgIpc) is 3.17. The fourth-order valence-electron chi connectivity index (χ4n) is 3.67. The lowest BCUT2D eigenvalue weighted by atomic mass is 9.99. The van der Waals surface area contributed by atoms with Crippen LogP contribution in [-0.4, -0.2) is 46.0 Å². The van der Waals surface area contributed by atoms with Gasteiger partial charge in [-0.2, -0.15) is 5.26 Å². The van der Waals surface area contributed by atoms with Crippen LogP contribution < -0.4 is 5.32 Å². The van der Waals surface area contributed by atoms with Crippen molar-refractivity contribution < 1.29 is 0 Å². The van der Waals surface area contributed by atoms with Gasteiger partial charge in [-0.15, -0.1) is 11.3 Å². The summed E-state index contributed by atoms with van der Waals surface area (Å²) in [5, 5.41) is 13.8. The van der Waals surface area contributed by atoms with E-state index < -0.39 is 5.92 Å². The van der Waals surface area contributed by atoms with E-state index in [1.54, 1.807) is 23.6 Å². The zero-order chi connectivity index (χ0) is 20.1. The Morgan fingerprint density at radius 1 is 1.24 bits per heavy atom. The van der Waals surface area contributed by atoms with Crippen molar-refractivity contribution in [2.75, 3.05) is 31.5 Å². The first-order valence-corrected chi connectivity index (χ1v) is 11.1. The largest absolute Gasteiger partial charge is 0.354 e. The average molecular weight is 407 g/mol. The van der Waals surface area contributed by atoms with Gasteiger partial charge in [0.1, 0.15) is 10.9 Å². The predicted octanol–water partition coefficient (Wildman–Crippen LogP) is 4.28. The SMILES string of the molecule is CC1CCN(CCCNc2nccc(C(C#N)c3nc4ccccc4s3)n2)CC1. The van der Waals surface area contributed by atoms with Crippen LogP contribution >= 0.6 is 11.3 Å². The Labute approximate surface area is 175 Å². The second-order valence-electron chi connectivity index (χ2n) is 7.69. The van der Waals surface area contributed by atoms with Crippen molar-refractivity contribution >= 4 is 27.5 Å². The summed E-state index contributed by atoms with van der Waals surface area (Å²) in [6.07, 6.45) is 5.38. The fourth-order valence-corrected chi connectivity index (χ4v) is 4.69. The van der Waals surface area contributed by atoms with Crippen molar-refractivity contribution in [2.45, 2.75) is 32.1 Å². The van der Waals surface area contributed by atoms with E-state index in [4.69, 9.17) is 0 Å². The number of hydrogen-bond acceptors (Lipinski definition) is 7. The Morgan fingerprint density at radius 2 is 2.07 bits per heavy atom. The number of fused-ring (bicyclic) bond motifs is 1. The Morgan fingerprint density at radius 3 is 2.86 bits per heavy atom. The van der Waals surface area contributed by atoms with E-state index in [-0.39, 0.29) is 0 Å². The summed E-state index contributed by atoms with van der Waals surface area (Å²) in [4.78, 5) is 16.1. The van der Waals surface area contributed by atoms with Gasteiger partial charge in [-0.25, -0.2) is 15.0 Å². The van der Waals surface area contributed by atoms with E-state index in [1.165, 1.54) is 25.9 Å². The third-order valence-electron chi connectivity index (χ3n) is 5.47. The summed E-state index contributed by atoms with van der Waals surface area (Å²) in [5.41, 5.74) is 1.61. The van der Waals surface area contributed by atoms with Gasteiger partial charge in [-0.05, 0) is 63.0 Å². The molecule has 4 rings (SSSR count). The molecular formula is C22H26N6S. The lowest BCUT2D eigenvalue weighted by molar-refractivity contribution is 0.192. The molecule has 1 saturated heterocycles. The van der Waals surface area contributed by atoms with Gasteiger partial charge in [0.15, 0.2) is 0 Å². The van der Waals surface area contributed by atoms with E-state index in [0.29, 0.717) is 11.6 Å². The Hall–Kier alpha value is -2.56. The van der Waals surface area contributed by atoms with Crippen LogP contribution in [0.1, 0.15) is 42.8 Å². The molecule has 0 amide bonds. The van der Waals surface area contributed by atoms with Gasteiger partial charge in [-0.1, -0.05) is 19.1 Å². The highest BCUT2D eigenvalue weighted by atomic mass is 32.1. The highest BCUT2D eigenvalue weighted by Crippen LogP contribution is 2.30. The van der Waals surface area contributed by atoms with Crippen molar-refractivity contribution in [3.63, 3.8) is 0 Å². The lowest BCUT2D eigenvalue weighted by Gasteiger charge is -2.30. The van der Waals surface area contributed by atoms with Crippen LogP contribution in [0.25, 0.3) is 10.2 Å². The van der Waals surface area contributed by atoms with Crippen molar-refractivity contribution in [3.05, 3.63) is 47.2 Å². The summed E-state index contributed by atoms with van der Waals surface area (Å²) in [6, 6.07) is 12.1. The van der Waals surface area contributed by atoms with Gasteiger partial charge < -0.3 is 10.2 Å². The standard InChI is InChI=1S/C22H26N6S/c1-16-8-13-28(14-9-16)12-4-10-24-22-25-11-7-18(27-22)17(15-23)21-26-19-5-2-3-6-20(19)29-21/h2-3,5-7,11,16-17H,4,8-10,12-14H2,1H3,(H,24,25,27). The van der Waals surface area contributed by atoms with E-state index in [9.17, 15) is 5.26 Å². The van der Waals surface area contributed by atoms with Gasteiger partial charge in [0.2, 0.25) is 5.95 Å². The molecule has 0 saturated carbocycles. The molecule has 1 fully saturated rings. The maximum Gasteiger partial charge on any atom is 0.222 e. The first-order valence-electron chi connectivity index (χ1n) is 10.3. The molecule has 150 valence electrons. The predicted molar refractivity (Wildman–Crippen MR) is 117 cm³/mol. The first kappa shape index (κ1) is 19.7. The molecule has 3 heterocycles. The van der Waals surface area contributed by atoms with Crippen LogP contribution in [0.3, 0.4) is 0 Å². The molecule has 7 heteroatoms. The minimum atomic E-state index is -0.480. The van der Waals surface area contributed by atoms with Gasteiger partial charge in [0, 0.05) is 12.7 Å². The molecule has 1 unspecified atom stereocenters. The van der Waals surface area contributed by atoms with Crippen LogP contribution in [0.15, 0.2) is 36.5 Å². The molecule has 29 heavy (non-hydrogen) atoms. The highest BCUT2D eigenvalue weighted by molar-refractivity contribution is 7.18. The zero-order valence-electron chi connectivity index (χ0n) is 16.7. The quantitative estimate of drug-likeness (QED) is 0.590. The molecule has 3 aromatic rings. The van der Waals surface area contributed by atoms with Crippen molar-refractivity contribution in [2.24, 2.45) is 5.92 Å². The van der Waals surface area contributed by atoms with Crippen molar-refractivity contribution in [1.29, 1.82) is 5.26 Å². The molecule has 6 nitrogen and oxygen atoms in total. The van der Waals surface area contributed by atoms with E-state index in [2.05, 4.69) is 38.2 Å². The summed E-state index contributed by atoms with van der Waals surface area (Å²) in [5.74, 6) is 0.964. The number of para-hydroxylation sites is 1. The number of likely N-dealkylation sites (tertiary alicyclic amines) is 1. The van der Waals surface area contributed by atoms with Crippen LogP contribution in [0.4, 0.5) is 5.95 Å². The molecule has 0 aliphatic carbocycles. The molecular weight excluding hydrogens is 380 g/mol. The minimum Gasteiger partial charge on any atom is -0.354 e. The molecule has 1 N–H and O–H groups in total. The van der Waals surface area contributed by atoms with Crippen molar-refractivity contribution in [1.82, 2.24) is 19.9 Å². The topological polar surface area (TPSA) is 77.7 Å². The first-order chi connectivity index (χ1) is 14.2. The lowest BCUT2D eigenvalue weighted by Crippen LogP contribution is -2.34. The normalized spacial score (nSPS) is 16.6. The van der Waals surface area contributed by atoms with Crippen LogP contribution in [0.2, 0.25) is 0 Å². The molecule has 2 aromatic heterocycles. The van der Waals surface area contributed by atoms with Crippen molar-refractivity contribution in [3.8, 4) is 6.07 Å². The summed E-state index contributed by atoms with van der Waals surface area (Å²) in [6.45, 7) is 6.68. The molecule has 0 bridgehead atoms. The van der Waals surface area contributed by atoms with Gasteiger partial charge in [0.05, 0.1) is 22.0 Å². The highest BCUT2D eigenvalue weighted by Gasteiger charge is 2.20. The number of nitrogens with one attached hydrogen (secondary N) is 1. The van der Waals surface area contributed by atoms with Crippen LogP contribution in [0.5, 0.6) is 0 Å². The number of hydrogen-bond donors (Lipinski definition) is 1. The third kappa shape index (κ3) is 4.89. The molecule has 0 spiro atoms. The Kier molecular flexibility index (Phi) is 6.33. The second kappa shape index (κ2) is 9.29. The number of aromatic nitrogens is 3. The number of benzene rings is 1. The maximum absolute atomic E-state index is 9.76. The van der Waals surface area contributed by atoms with Gasteiger partial charge in [0.25, 0.3) is 0 Å². The molecule has 1 aromatic carbocycles. The number of thiazole rings is 1. The monoisotopic (exact) mass is 406 g/mol. The zero-order valence-corrected chi connectivity index (χ0v) is 17.5. The molecule has 1 atom stereocenters. The van der Waals surface area contributed by atoms with E-state index in [0.717, 1.165) is 40.7 Å². The summed E-state index contributed by atoms with van der Waals surface area (Å²) < 4.78 is 1.09. The smallest absolute Gasteiger partial charge is 0.222 e. The number of piperidine rings is 1. The second-order valence-corrected chi connectivity index (χ2v) is 8.75. The molecule has 1 aliphatic heterocycles. The number of nitriles is 1. The minimum absolute atomic E-state index is 0.480. The number of anilines is 1. The third-order valence-corrected chi connectivity index (χ3v) is 6.57. The maximum atomic E-state index is 9.76. The van der Waals surface area contributed by atoms with Gasteiger partial charge >= 0.3 is 0 Å². The van der Waals surface area contributed by atoms with Gasteiger partial charge in [-0.3, -0.25) is 0 Å². The Balaban J connectivity index is 1.36. The van der Waals surface area contributed by atoms with Crippen LogP contribution in [-0.2, 0) is 0 Å². The van der Waals surface area contributed by atoms with E-state index in [1.807, 2.05) is 24.3 Å². The molecule has 1 aliphatic rings. The number of rotatable bonds is 7. The summed E-state index contributed by atoms with van der Waals surface area (Å²) >= 11 is 1.55. The fraction of sp³-hybridized carbons (Fsp3) is 0.455. The number of nitrogens with zero attached hydrogens (tertiary/aromatic N) is 5. The Bertz CT molecular complexity index is 953.